The highest BCUT2D eigenvalue weighted by Crippen LogP contribution is 2.21. The molecular formula is C12H17N3O. The molecule has 0 spiro atoms. The zero-order chi connectivity index (χ0) is 11.4. The predicted molar refractivity (Wildman–Crippen MR) is 60.8 cm³/mol. The monoisotopic (exact) mass is 219 g/mol. The van der Waals surface area contributed by atoms with Crippen molar-refractivity contribution in [1.29, 1.82) is 0 Å². The lowest BCUT2D eigenvalue weighted by molar-refractivity contribution is -0.118. The quantitative estimate of drug-likeness (QED) is 0.768. The van der Waals surface area contributed by atoms with Crippen LogP contribution in [0.5, 0.6) is 0 Å². The summed E-state index contributed by atoms with van der Waals surface area (Å²) in [7, 11) is 0. The number of Topliss-reactive ketones (excluding diaryl/α,β-unsaturated/α-hetero) is 1. The van der Waals surface area contributed by atoms with E-state index < -0.39 is 0 Å². The molecule has 4 heteroatoms. The van der Waals surface area contributed by atoms with Crippen molar-refractivity contribution in [1.82, 2.24) is 14.9 Å². The van der Waals surface area contributed by atoms with Crippen molar-refractivity contribution >= 4 is 5.78 Å². The number of aromatic nitrogens is 2. The van der Waals surface area contributed by atoms with E-state index in [1.54, 1.807) is 19.3 Å². The number of hydrogen-bond donors (Lipinski definition) is 0. The van der Waals surface area contributed by atoms with Crippen LogP contribution in [0.25, 0.3) is 0 Å². The van der Waals surface area contributed by atoms with Crippen LogP contribution in [0.2, 0.25) is 0 Å². The van der Waals surface area contributed by atoms with E-state index in [0.29, 0.717) is 12.5 Å². The lowest BCUT2D eigenvalue weighted by Gasteiger charge is -2.22. The Hall–Kier alpha value is -1.29. The average Bonchev–Trinajstić information content (AvgIpc) is 2.66. The molecule has 0 aromatic carbocycles. The van der Waals surface area contributed by atoms with Gasteiger partial charge in [-0.1, -0.05) is 0 Å². The minimum atomic E-state index is 0.269. The second-order valence-corrected chi connectivity index (χ2v) is 4.34. The smallest absolute Gasteiger partial charge is 0.142 e. The fraction of sp³-hybridized carbons (Fsp3) is 0.583. The van der Waals surface area contributed by atoms with Crippen LogP contribution in [0.1, 0.15) is 32.0 Å². The standard InChI is InChI=1S/C12H17N3O/c1-10(16)8-11-4-2-7-15(11)9-12-13-5-3-6-14-12/h3,5-6,11H,2,4,7-9H2,1H3. The van der Waals surface area contributed by atoms with Gasteiger partial charge < -0.3 is 0 Å². The zero-order valence-electron chi connectivity index (χ0n) is 9.59. The minimum Gasteiger partial charge on any atom is -0.300 e. The molecule has 4 nitrogen and oxygen atoms in total. The van der Waals surface area contributed by atoms with E-state index in [1.165, 1.54) is 6.42 Å². The molecule has 1 aliphatic heterocycles. The number of rotatable bonds is 4. The van der Waals surface area contributed by atoms with E-state index in [1.807, 2.05) is 6.07 Å². The lowest BCUT2D eigenvalue weighted by atomic mass is 10.1. The normalized spacial score (nSPS) is 21.2. The number of likely N-dealkylation sites (tertiary alicyclic amines) is 1. The van der Waals surface area contributed by atoms with Crippen molar-refractivity contribution in [2.45, 2.75) is 38.8 Å². The summed E-state index contributed by atoms with van der Waals surface area (Å²) in [5, 5.41) is 0. The molecule has 0 radical (unpaired) electrons. The maximum atomic E-state index is 11.1. The van der Waals surface area contributed by atoms with Gasteiger partial charge in [0.15, 0.2) is 0 Å². The van der Waals surface area contributed by atoms with E-state index in [4.69, 9.17) is 0 Å². The molecule has 1 fully saturated rings. The summed E-state index contributed by atoms with van der Waals surface area (Å²) in [6.45, 7) is 3.48. The summed E-state index contributed by atoms with van der Waals surface area (Å²) in [6.07, 6.45) is 6.47. The Kier molecular flexibility index (Phi) is 3.62. The maximum Gasteiger partial charge on any atom is 0.142 e. The Morgan fingerprint density at radius 2 is 2.25 bits per heavy atom. The highest BCUT2D eigenvalue weighted by atomic mass is 16.1. The van der Waals surface area contributed by atoms with Gasteiger partial charge in [-0.15, -0.1) is 0 Å². The molecular weight excluding hydrogens is 202 g/mol. The second kappa shape index (κ2) is 5.16. The van der Waals surface area contributed by atoms with Gasteiger partial charge in [0.05, 0.1) is 6.54 Å². The lowest BCUT2D eigenvalue weighted by Crippen LogP contribution is -2.31. The third-order valence-corrected chi connectivity index (χ3v) is 2.99. The zero-order valence-corrected chi connectivity index (χ0v) is 9.59. The van der Waals surface area contributed by atoms with Gasteiger partial charge in [0.25, 0.3) is 0 Å². The van der Waals surface area contributed by atoms with Gasteiger partial charge >= 0.3 is 0 Å². The molecule has 2 rings (SSSR count). The fourth-order valence-electron chi connectivity index (χ4n) is 2.26. The SMILES string of the molecule is CC(=O)CC1CCCN1Cc1ncccn1. The molecule has 0 N–H and O–H groups in total. The van der Waals surface area contributed by atoms with Crippen molar-refractivity contribution in [3.05, 3.63) is 24.3 Å². The van der Waals surface area contributed by atoms with Crippen LogP contribution in [0.3, 0.4) is 0 Å². The second-order valence-electron chi connectivity index (χ2n) is 4.34. The molecule has 1 saturated heterocycles. The van der Waals surface area contributed by atoms with Crippen LogP contribution in [-0.4, -0.2) is 33.2 Å². The molecule has 16 heavy (non-hydrogen) atoms. The van der Waals surface area contributed by atoms with Gasteiger partial charge in [-0.25, -0.2) is 9.97 Å². The number of ketones is 1. The molecule has 86 valence electrons. The number of nitrogens with zero attached hydrogens (tertiary/aromatic N) is 3. The van der Waals surface area contributed by atoms with Crippen LogP contribution in [0.4, 0.5) is 0 Å². The largest absolute Gasteiger partial charge is 0.300 e. The fourth-order valence-corrected chi connectivity index (χ4v) is 2.26. The van der Waals surface area contributed by atoms with E-state index in [-0.39, 0.29) is 5.78 Å². The molecule has 1 aliphatic rings. The van der Waals surface area contributed by atoms with Crippen LogP contribution in [-0.2, 0) is 11.3 Å². The summed E-state index contributed by atoms with van der Waals surface area (Å²) in [5.41, 5.74) is 0. The number of hydrogen-bond acceptors (Lipinski definition) is 4. The maximum absolute atomic E-state index is 11.1. The average molecular weight is 219 g/mol. The Morgan fingerprint density at radius 1 is 1.50 bits per heavy atom. The van der Waals surface area contributed by atoms with Crippen LogP contribution < -0.4 is 0 Å². The van der Waals surface area contributed by atoms with E-state index >= 15 is 0 Å². The molecule has 2 heterocycles. The Bertz CT molecular complexity index is 353. The summed E-state index contributed by atoms with van der Waals surface area (Å²) in [6, 6.07) is 2.21. The molecule has 0 saturated carbocycles. The van der Waals surface area contributed by atoms with Gasteiger partial charge in [0.1, 0.15) is 11.6 Å². The Balaban J connectivity index is 1.96. The molecule has 1 unspecified atom stereocenters. The molecule has 0 bridgehead atoms. The first-order valence-corrected chi connectivity index (χ1v) is 5.75. The summed E-state index contributed by atoms with van der Waals surface area (Å²) >= 11 is 0. The highest BCUT2D eigenvalue weighted by molar-refractivity contribution is 5.76. The van der Waals surface area contributed by atoms with Gasteiger partial charge in [-0.2, -0.15) is 0 Å². The van der Waals surface area contributed by atoms with Gasteiger partial charge in [0.2, 0.25) is 0 Å². The first-order valence-electron chi connectivity index (χ1n) is 5.75. The number of carbonyl (C=O) groups excluding carboxylic acids is 1. The molecule has 1 atom stereocenters. The Morgan fingerprint density at radius 3 is 2.94 bits per heavy atom. The van der Waals surface area contributed by atoms with Crippen molar-refractivity contribution in [3.63, 3.8) is 0 Å². The first-order chi connectivity index (χ1) is 7.75. The summed E-state index contributed by atoms with van der Waals surface area (Å²) in [4.78, 5) is 21.9. The third-order valence-electron chi connectivity index (χ3n) is 2.99. The van der Waals surface area contributed by atoms with E-state index in [0.717, 1.165) is 25.3 Å². The van der Waals surface area contributed by atoms with Gasteiger partial charge in [-0.05, 0) is 32.4 Å². The van der Waals surface area contributed by atoms with E-state index in [2.05, 4.69) is 14.9 Å². The van der Waals surface area contributed by atoms with Crippen LogP contribution in [0.15, 0.2) is 18.5 Å². The topological polar surface area (TPSA) is 46.1 Å². The predicted octanol–water partition coefficient (Wildman–Crippen LogP) is 1.42. The van der Waals surface area contributed by atoms with Crippen molar-refractivity contribution in [2.24, 2.45) is 0 Å². The first kappa shape index (κ1) is 11.2. The van der Waals surface area contributed by atoms with Gasteiger partial charge in [0, 0.05) is 24.9 Å². The van der Waals surface area contributed by atoms with E-state index in [9.17, 15) is 4.79 Å². The van der Waals surface area contributed by atoms with Gasteiger partial charge in [-0.3, -0.25) is 9.69 Å². The van der Waals surface area contributed by atoms with Crippen LogP contribution >= 0.6 is 0 Å². The van der Waals surface area contributed by atoms with Crippen molar-refractivity contribution in [3.8, 4) is 0 Å². The van der Waals surface area contributed by atoms with Crippen molar-refractivity contribution < 1.29 is 4.79 Å². The molecule has 1 aromatic rings. The van der Waals surface area contributed by atoms with Crippen LogP contribution in [0, 0.1) is 0 Å². The molecule has 1 aromatic heterocycles. The van der Waals surface area contributed by atoms with Crippen molar-refractivity contribution in [2.75, 3.05) is 6.54 Å². The number of carbonyl (C=O) groups is 1. The minimum absolute atomic E-state index is 0.269. The molecule has 0 aliphatic carbocycles. The summed E-state index contributed by atoms with van der Waals surface area (Å²) < 4.78 is 0. The highest BCUT2D eigenvalue weighted by Gasteiger charge is 2.25. The molecule has 0 amide bonds. The summed E-state index contributed by atoms with van der Waals surface area (Å²) in [5.74, 6) is 1.11. The third kappa shape index (κ3) is 2.85. The Labute approximate surface area is 95.7 Å².